The number of ether oxygens (including phenoxy) is 1. The number of carbonyl (C=O) groups is 1. The summed E-state index contributed by atoms with van der Waals surface area (Å²) in [5.41, 5.74) is 1.94. The van der Waals surface area contributed by atoms with Crippen molar-refractivity contribution in [1.82, 2.24) is 15.1 Å². The van der Waals surface area contributed by atoms with E-state index in [1.54, 1.807) is 12.3 Å². The van der Waals surface area contributed by atoms with Gasteiger partial charge in [-0.25, -0.2) is 0 Å². The summed E-state index contributed by atoms with van der Waals surface area (Å²) in [6.45, 7) is 7.67. The van der Waals surface area contributed by atoms with Gasteiger partial charge in [-0.05, 0) is 31.3 Å². The standard InChI is InChI=1S/C20H24N4O2/c1-3-24(4-2)12-13-26-18-11-6-5-10-17(18)22-20(25)16-9-7-8-15-14-21-23-19(15)16/h5-11,14H,3-4,12-13H2,1-2H3,(H,21,23)(H,22,25). The Kier molecular flexibility index (Phi) is 5.86. The molecule has 1 heterocycles. The van der Waals surface area contributed by atoms with Gasteiger partial charge in [0.25, 0.3) is 5.91 Å². The zero-order valence-corrected chi connectivity index (χ0v) is 15.2. The molecule has 1 aromatic heterocycles. The quantitative estimate of drug-likeness (QED) is 0.651. The summed E-state index contributed by atoms with van der Waals surface area (Å²) in [7, 11) is 0. The third-order valence-corrected chi connectivity index (χ3v) is 4.42. The Labute approximate surface area is 153 Å². The van der Waals surface area contributed by atoms with E-state index in [0.29, 0.717) is 23.6 Å². The van der Waals surface area contributed by atoms with E-state index < -0.39 is 0 Å². The molecule has 6 heteroatoms. The van der Waals surface area contributed by atoms with Gasteiger partial charge in [0.05, 0.1) is 23.0 Å². The van der Waals surface area contributed by atoms with Crippen LogP contribution < -0.4 is 10.1 Å². The van der Waals surface area contributed by atoms with Crippen molar-refractivity contribution in [2.75, 3.05) is 31.6 Å². The zero-order chi connectivity index (χ0) is 18.4. The number of hydrogen-bond acceptors (Lipinski definition) is 4. The van der Waals surface area contributed by atoms with E-state index in [2.05, 4.69) is 34.3 Å². The van der Waals surface area contributed by atoms with Crippen molar-refractivity contribution in [3.05, 3.63) is 54.2 Å². The number of nitrogens with zero attached hydrogens (tertiary/aromatic N) is 2. The fraction of sp³-hybridized carbons (Fsp3) is 0.300. The highest BCUT2D eigenvalue weighted by Crippen LogP contribution is 2.25. The van der Waals surface area contributed by atoms with Crippen LogP contribution in [-0.4, -0.2) is 47.2 Å². The Balaban J connectivity index is 1.72. The lowest BCUT2D eigenvalue weighted by molar-refractivity contribution is 0.102. The minimum Gasteiger partial charge on any atom is -0.490 e. The highest BCUT2D eigenvalue weighted by molar-refractivity contribution is 6.12. The van der Waals surface area contributed by atoms with Gasteiger partial charge >= 0.3 is 0 Å². The first-order chi connectivity index (χ1) is 12.7. The first-order valence-electron chi connectivity index (χ1n) is 8.90. The minimum atomic E-state index is -0.195. The van der Waals surface area contributed by atoms with Crippen LogP contribution in [0.1, 0.15) is 24.2 Å². The molecule has 0 fully saturated rings. The average molecular weight is 352 g/mol. The zero-order valence-electron chi connectivity index (χ0n) is 15.2. The molecule has 0 aliphatic rings. The maximum atomic E-state index is 12.7. The van der Waals surface area contributed by atoms with E-state index in [1.165, 1.54) is 0 Å². The number of rotatable bonds is 8. The Bertz CT molecular complexity index is 871. The topological polar surface area (TPSA) is 70.2 Å². The molecule has 0 radical (unpaired) electrons. The number of hydrogen-bond donors (Lipinski definition) is 2. The monoisotopic (exact) mass is 352 g/mol. The number of likely N-dealkylation sites (N-methyl/N-ethyl adjacent to an activating group) is 1. The maximum Gasteiger partial charge on any atom is 0.257 e. The van der Waals surface area contributed by atoms with Crippen molar-refractivity contribution in [2.45, 2.75) is 13.8 Å². The Morgan fingerprint density at radius 3 is 2.77 bits per heavy atom. The van der Waals surface area contributed by atoms with Crippen molar-refractivity contribution < 1.29 is 9.53 Å². The van der Waals surface area contributed by atoms with Crippen LogP contribution in [0.15, 0.2) is 48.7 Å². The summed E-state index contributed by atoms with van der Waals surface area (Å²) in [4.78, 5) is 15.0. The van der Waals surface area contributed by atoms with E-state index >= 15 is 0 Å². The van der Waals surface area contributed by atoms with E-state index in [1.807, 2.05) is 36.4 Å². The predicted octanol–water partition coefficient (Wildman–Crippen LogP) is 3.54. The van der Waals surface area contributed by atoms with Gasteiger partial charge in [-0.1, -0.05) is 38.1 Å². The number of para-hydroxylation sites is 3. The van der Waals surface area contributed by atoms with Gasteiger partial charge in [0.2, 0.25) is 0 Å². The number of benzene rings is 2. The molecule has 3 aromatic rings. The third kappa shape index (κ3) is 4.03. The van der Waals surface area contributed by atoms with Crippen LogP contribution >= 0.6 is 0 Å². The molecule has 0 unspecified atom stereocenters. The van der Waals surface area contributed by atoms with E-state index in [4.69, 9.17) is 4.74 Å². The molecule has 0 saturated heterocycles. The van der Waals surface area contributed by atoms with Crippen molar-refractivity contribution in [2.24, 2.45) is 0 Å². The van der Waals surface area contributed by atoms with Crippen LogP contribution in [0.25, 0.3) is 10.9 Å². The number of amides is 1. The number of anilines is 1. The fourth-order valence-electron chi connectivity index (χ4n) is 2.87. The average Bonchev–Trinajstić information content (AvgIpc) is 3.15. The smallest absolute Gasteiger partial charge is 0.257 e. The molecule has 3 rings (SSSR count). The fourth-order valence-corrected chi connectivity index (χ4v) is 2.87. The first kappa shape index (κ1) is 17.9. The molecule has 2 N–H and O–H groups in total. The summed E-state index contributed by atoms with van der Waals surface area (Å²) in [5.74, 6) is 0.476. The van der Waals surface area contributed by atoms with Gasteiger partial charge in [-0.2, -0.15) is 5.10 Å². The Morgan fingerprint density at radius 2 is 1.96 bits per heavy atom. The lowest BCUT2D eigenvalue weighted by Crippen LogP contribution is -2.28. The van der Waals surface area contributed by atoms with Gasteiger partial charge < -0.3 is 15.0 Å². The summed E-state index contributed by atoms with van der Waals surface area (Å²) in [5, 5.41) is 10.7. The number of nitrogens with one attached hydrogen (secondary N) is 2. The van der Waals surface area contributed by atoms with Crippen LogP contribution in [-0.2, 0) is 0 Å². The van der Waals surface area contributed by atoms with Crippen LogP contribution in [0.5, 0.6) is 5.75 Å². The van der Waals surface area contributed by atoms with Crippen LogP contribution in [0.4, 0.5) is 5.69 Å². The summed E-state index contributed by atoms with van der Waals surface area (Å²) < 4.78 is 5.90. The third-order valence-electron chi connectivity index (χ3n) is 4.42. The van der Waals surface area contributed by atoms with Crippen molar-refractivity contribution in [3.63, 3.8) is 0 Å². The van der Waals surface area contributed by atoms with Crippen molar-refractivity contribution in [1.29, 1.82) is 0 Å². The number of H-pyrrole nitrogens is 1. The molecular weight excluding hydrogens is 328 g/mol. The van der Waals surface area contributed by atoms with E-state index in [-0.39, 0.29) is 5.91 Å². The predicted molar refractivity (Wildman–Crippen MR) is 104 cm³/mol. The van der Waals surface area contributed by atoms with Crippen LogP contribution in [0.2, 0.25) is 0 Å². The second kappa shape index (κ2) is 8.49. The van der Waals surface area contributed by atoms with Gasteiger partial charge in [-0.15, -0.1) is 0 Å². The SMILES string of the molecule is CCN(CC)CCOc1ccccc1NC(=O)c1cccc2cn[nH]c12. The van der Waals surface area contributed by atoms with Gasteiger partial charge in [-0.3, -0.25) is 9.89 Å². The van der Waals surface area contributed by atoms with Crippen LogP contribution in [0.3, 0.4) is 0 Å². The summed E-state index contributed by atoms with van der Waals surface area (Å²) in [6.07, 6.45) is 1.70. The lowest BCUT2D eigenvalue weighted by atomic mass is 10.1. The molecule has 0 saturated carbocycles. The molecule has 0 spiro atoms. The van der Waals surface area contributed by atoms with Gasteiger partial charge in [0.15, 0.2) is 0 Å². The molecule has 26 heavy (non-hydrogen) atoms. The lowest BCUT2D eigenvalue weighted by Gasteiger charge is -2.19. The van der Waals surface area contributed by atoms with Crippen molar-refractivity contribution >= 4 is 22.5 Å². The van der Waals surface area contributed by atoms with E-state index in [0.717, 1.165) is 30.5 Å². The molecule has 2 aromatic carbocycles. The second-order valence-electron chi connectivity index (χ2n) is 5.97. The molecule has 1 amide bonds. The first-order valence-corrected chi connectivity index (χ1v) is 8.90. The summed E-state index contributed by atoms with van der Waals surface area (Å²) in [6, 6.07) is 13.0. The van der Waals surface area contributed by atoms with Gasteiger partial charge in [0.1, 0.15) is 12.4 Å². The van der Waals surface area contributed by atoms with E-state index in [9.17, 15) is 4.79 Å². The normalized spacial score (nSPS) is 11.0. The number of fused-ring (bicyclic) bond motifs is 1. The highest BCUT2D eigenvalue weighted by Gasteiger charge is 2.13. The van der Waals surface area contributed by atoms with Crippen LogP contribution in [0, 0.1) is 0 Å². The summed E-state index contributed by atoms with van der Waals surface area (Å²) >= 11 is 0. The highest BCUT2D eigenvalue weighted by atomic mass is 16.5. The Hall–Kier alpha value is -2.86. The molecule has 0 atom stereocenters. The second-order valence-corrected chi connectivity index (χ2v) is 5.97. The number of aromatic amines is 1. The molecule has 0 aliphatic heterocycles. The molecule has 6 nitrogen and oxygen atoms in total. The minimum absolute atomic E-state index is 0.195. The molecule has 0 bridgehead atoms. The largest absolute Gasteiger partial charge is 0.490 e. The molecule has 136 valence electrons. The maximum absolute atomic E-state index is 12.7. The molecular formula is C20H24N4O2. The van der Waals surface area contributed by atoms with Crippen molar-refractivity contribution in [3.8, 4) is 5.75 Å². The van der Waals surface area contributed by atoms with Gasteiger partial charge in [0, 0.05) is 11.9 Å². The molecule has 0 aliphatic carbocycles. The Morgan fingerprint density at radius 1 is 1.15 bits per heavy atom. The number of aromatic nitrogens is 2. The number of carbonyl (C=O) groups excluding carboxylic acids is 1.